The van der Waals surface area contributed by atoms with Crippen LogP contribution >= 0.6 is 31.9 Å². The lowest BCUT2D eigenvalue weighted by atomic mass is 9.89. The van der Waals surface area contributed by atoms with Gasteiger partial charge in [0.15, 0.2) is 0 Å². The van der Waals surface area contributed by atoms with Crippen molar-refractivity contribution in [2.45, 2.75) is 32.6 Å². The van der Waals surface area contributed by atoms with Gasteiger partial charge < -0.3 is 9.31 Å². The van der Waals surface area contributed by atoms with Crippen LogP contribution in [-0.2, 0) is 9.31 Å². The minimum atomic E-state index is -0.176. The summed E-state index contributed by atoms with van der Waals surface area (Å²) >= 11 is 6.76. The molecule has 2 nitrogen and oxygen atoms in total. The molecule has 0 aliphatic rings. The molecule has 0 fully saturated rings. The lowest BCUT2D eigenvalue weighted by Crippen LogP contribution is -2.22. The summed E-state index contributed by atoms with van der Waals surface area (Å²) in [5, 5.41) is 1.94. The summed E-state index contributed by atoms with van der Waals surface area (Å²) in [6.07, 6.45) is 6.40. The molecule has 0 N–H and O–H groups in total. The highest BCUT2D eigenvalue weighted by atomic mass is 79.9. The third-order valence-corrected chi connectivity index (χ3v) is 2.99. The smallest absolute Gasteiger partial charge is 0.408 e. The minimum Gasteiger partial charge on any atom is -0.408 e. The summed E-state index contributed by atoms with van der Waals surface area (Å²) in [4.78, 5) is 0. The fourth-order valence-electron chi connectivity index (χ4n) is 1.04. The summed E-state index contributed by atoms with van der Waals surface area (Å²) in [6.45, 7) is 3.64. The first-order valence-corrected chi connectivity index (χ1v) is 8.11. The Balaban J connectivity index is 3.75. The number of hydrogen-bond donors (Lipinski definition) is 0. The van der Waals surface area contributed by atoms with E-state index in [4.69, 9.17) is 9.31 Å². The van der Waals surface area contributed by atoms with Crippen LogP contribution < -0.4 is 0 Å². The Bertz CT molecular complexity index is 158. The van der Waals surface area contributed by atoms with Gasteiger partial charge in [0.05, 0.1) is 0 Å². The van der Waals surface area contributed by atoms with E-state index in [2.05, 4.69) is 44.9 Å². The third-order valence-electron chi connectivity index (χ3n) is 1.87. The lowest BCUT2D eigenvalue weighted by Gasteiger charge is -2.10. The molecule has 0 saturated heterocycles. The summed E-state index contributed by atoms with van der Waals surface area (Å²) in [6, 6.07) is 0. The van der Waals surface area contributed by atoms with Crippen LogP contribution in [0.1, 0.15) is 32.6 Å². The zero-order chi connectivity index (χ0) is 12.1. The van der Waals surface area contributed by atoms with E-state index in [1.807, 2.05) is 5.98 Å². The van der Waals surface area contributed by atoms with Crippen LogP contribution in [0.25, 0.3) is 0 Å². The quantitative estimate of drug-likeness (QED) is 0.317. The Morgan fingerprint density at radius 3 is 2.06 bits per heavy atom. The van der Waals surface area contributed by atoms with Gasteiger partial charge in [0.25, 0.3) is 0 Å². The van der Waals surface area contributed by atoms with E-state index in [9.17, 15) is 0 Å². The molecule has 0 aliphatic carbocycles. The van der Waals surface area contributed by atoms with Crippen LogP contribution in [0.4, 0.5) is 0 Å². The molecule has 0 bridgehead atoms. The summed E-state index contributed by atoms with van der Waals surface area (Å²) in [5.74, 6) is 2.02. The van der Waals surface area contributed by atoms with E-state index in [-0.39, 0.29) is 7.12 Å². The molecule has 0 atom stereocenters. The predicted molar refractivity (Wildman–Crippen MR) is 78.5 cm³/mol. The van der Waals surface area contributed by atoms with Gasteiger partial charge in [-0.25, -0.2) is 0 Å². The van der Waals surface area contributed by atoms with Gasteiger partial charge in [-0.2, -0.15) is 0 Å². The van der Waals surface area contributed by atoms with Crippen molar-refractivity contribution in [2.24, 2.45) is 0 Å². The van der Waals surface area contributed by atoms with Crippen LogP contribution in [0.15, 0.2) is 12.1 Å². The first-order valence-electron chi connectivity index (χ1n) is 5.87. The SMILES string of the molecule is CCC/C=C/B(OCCCBr)OCCCBr. The fraction of sp³-hybridized carbons (Fsp3) is 0.818. The van der Waals surface area contributed by atoms with Gasteiger partial charge in [-0.3, -0.25) is 0 Å². The molecular formula is C11H21BBr2O2. The molecule has 0 unspecified atom stereocenters. The molecule has 0 aliphatic heterocycles. The fourth-order valence-corrected chi connectivity index (χ4v) is 1.50. The summed E-state index contributed by atoms with van der Waals surface area (Å²) in [7, 11) is -0.176. The molecule has 0 aromatic carbocycles. The molecular weight excluding hydrogens is 335 g/mol. The molecule has 0 spiro atoms. The molecule has 0 rings (SSSR count). The Morgan fingerprint density at radius 2 is 1.62 bits per heavy atom. The number of rotatable bonds is 11. The van der Waals surface area contributed by atoms with Gasteiger partial charge in [-0.15, -0.1) is 0 Å². The van der Waals surface area contributed by atoms with Crippen molar-refractivity contribution in [2.75, 3.05) is 23.9 Å². The van der Waals surface area contributed by atoms with Crippen LogP contribution in [0, 0.1) is 0 Å². The lowest BCUT2D eigenvalue weighted by molar-refractivity contribution is 0.207. The first kappa shape index (κ1) is 16.7. The van der Waals surface area contributed by atoms with Crippen LogP contribution in [-0.4, -0.2) is 31.0 Å². The van der Waals surface area contributed by atoms with Crippen molar-refractivity contribution in [1.29, 1.82) is 0 Å². The van der Waals surface area contributed by atoms with Gasteiger partial charge in [0.1, 0.15) is 0 Å². The zero-order valence-electron chi connectivity index (χ0n) is 9.96. The topological polar surface area (TPSA) is 18.5 Å². The Morgan fingerprint density at radius 1 is 1.06 bits per heavy atom. The van der Waals surface area contributed by atoms with E-state index in [1.54, 1.807) is 0 Å². The van der Waals surface area contributed by atoms with Crippen LogP contribution in [0.2, 0.25) is 0 Å². The second-order valence-corrected chi connectivity index (χ2v) is 5.00. The van der Waals surface area contributed by atoms with Crippen molar-refractivity contribution in [3.05, 3.63) is 12.1 Å². The Labute approximate surface area is 117 Å². The maximum absolute atomic E-state index is 5.62. The monoisotopic (exact) mass is 354 g/mol. The highest BCUT2D eigenvalue weighted by Crippen LogP contribution is 2.00. The van der Waals surface area contributed by atoms with Gasteiger partial charge >= 0.3 is 7.12 Å². The number of hydrogen-bond acceptors (Lipinski definition) is 2. The molecule has 16 heavy (non-hydrogen) atoms. The van der Waals surface area contributed by atoms with Crippen molar-refractivity contribution < 1.29 is 9.31 Å². The van der Waals surface area contributed by atoms with Gasteiger partial charge in [0, 0.05) is 23.9 Å². The molecule has 0 aromatic rings. The largest absolute Gasteiger partial charge is 0.485 e. The second-order valence-electron chi connectivity index (χ2n) is 3.41. The number of halogens is 2. The van der Waals surface area contributed by atoms with Crippen molar-refractivity contribution in [3.8, 4) is 0 Å². The first-order chi connectivity index (χ1) is 7.85. The number of allylic oxidation sites excluding steroid dienone is 1. The molecule has 0 aromatic heterocycles. The van der Waals surface area contributed by atoms with E-state index in [1.165, 1.54) is 0 Å². The number of unbranched alkanes of at least 4 members (excludes halogenated alkanes) is 1. The van der Waals surface area contributed by atoms with E-state index in [0.29, 0.717) is 0 Å². The van der Waals surface area contributed by atoms with E-state index in [0.717, 1.165) is 49.6 Å². The van der Waals surface area contributed by atoms with Gasteiger partial charge in [-0.05, 0) is 19.3 Å². The van der Waals surface area contributed by atoms with E-state index < -0.39 is 0 Å². The summed E-state index contributed by atoms with van der Waals surface area (Å²) in [5.41, 5.74) is 0. The normalized spacial score (nSPS) is 11.2. The van der Waals surface area contributed by atoms with Crippen LogP contribution in [0.3, 0.4) is 0 Å². The molecule has 0 heterocycles. The van der Waals surface area contributed by atoms with Crippen molar-refractivity contribution in [1.82, 2.24) is 0 Å². The maximum Gasteiger partial charge on any atom is 0.485 e. The number of alkyl halides is 2. The average molecular weight is 356 g/mol. The van der Waals surface area contributed by atoms with Gasteiger partial charge in [-0.1, -0.05) is 57.3 Å². The molecule has 0 radical (unpaired) electrons. The Hall–Kier alpha value is 0.685. The van der Waals surface area contributed by atoms with Gasteiger partial charge in [0.2, 0.25) is 0 Å². The zero-order valence-corrected chi connectivity index (χ0v) is 13.1. The third kappa shape index (κ3) is 11.2. The standard InChI is InChI=1S/C11H21BBr2O2/c1-2-3-4-7-12(15-10-5-8-13)16-11-6-9-14/h4,7H,2-3,5-6,8-11H2,1H3/b7-4+. The molecule has 94 valence electrons. The molecule has 0 amide bonds. The molecule has 0 saturated carbocycles. The predicted octanol–water partition coefficient (Wildman–Crippen LogP) is 3.97. The highest BCUT2D eigenvalue weighted by Gasteiger charge is 2.12. The minimum absolute atomic E-state index is 0.176. The highest BCUT2D eigenvalue weighted by molar-refractivity contribution is 9.09. The van der Waals surface area contributed by atoms with E-state index >= 15 is 0 Å². The average Bonchev–Trinajstić information content (AvgIpc) is 2.29. The van der Waals surface area contributed by atoms with Crippen LogP contribution in [0.5, 0.6) is 0 Å². The van der Waals surface area contributed by atoms with Crippen molar-refractivity contribution >= 4 is 39.0 Å². The summed E-state index contributed by atoms with van der Waals surface area (Å²) < 4.78 is 11.2. The van der Waals surface area contributed by atoms with Crippen molar-refractivity contribution in [3.63, 3.8) is 0 Å². The Kier molecular flexibility index (Phi) is 14.3. The second kappa shape index (κ2) is 13.7. The molecule has 5 heteroatoms. The maximum atomic E-state index is 5.62.